The van der Waals surface area contributed by atoms with Gasteiger partial charge in [0.1, 0.15) is 5.69 Å². The van der Waals surface area contributed by atoms with Crippen LogP contribution in [0.15, 0.2) is 35.1 Å². The van der Waals surface area contributed by atoms with Crippen LogP contribution >= 0.6 is 0 Å². The molecule has 3 aromatic rings. The molecule has 1 amide bonds. The van der Waals surface area contributed by atoms with E-state index in [4.69, 9.17) is 0 Å². The Morgan fingerprint density at radius 2 is 2.00 bits per heavy atom. The van der Waals surface area contributed by atoms with Crippen LogP contribution in [0, 0.1) is 13.8 Å². The summed E-state index contributed by atoms with van der Waals surface area (Å²) in [5.74, 6) is -0.312. The molecule has 3 rings (SSSR count). The fourth-order valence-electron chi connectivity index (χ4n) is 3.10. The van der Waals surface area contributed by atoms with Gasteiger partial charge in [0.15, 0.2) is 0 Å². The first-order valence-electron chi connectivity index (χ1n) is 7.81. The molecule has 0 saturated carbocycles. The van der Waals surface area contributed by atoms with Gasteiger partial charge in [-0.15, -0.1) is 0 Å². The van der Waals surface area contributed by atoms with Crippen LogP contribution in [0.2, 0.25) is 0 Å². The topological polar surface area (TPSA) is 79.8 Å². The highest BCUT2D eigenvalue weighted by Crippen LogP contribution is 2.21. The van der Waals surface area contributed by atoms with Crippen molar-refractivity contribution in [2.24, 2.45) is 7.05 Å². The number of aromatic amines is 1. The standard InChI is InChI=1S/C18H20N4O2/c1-10(16-11(2)21-22(4)12(16)3)19-18(24)15-9-13-7-5-6-8-14(13)17(23)20-15/h5-10H,1-4H3,(H,19,24)(H,20,23)/t10-/m1/s1. The summed E-state index contributed by atoms with van der Waals surface area (Å²) in [7, 11) is 1.88. The highest BCUT2D eigenvalue weighted by molar-refractivity contribution is 5.96. The van der Waals surface area contributed by atoms with E-state index in [1.54, 1.807) is 22.9 Å². The molecule has 2 aromatic heterocycles. The summed E-state index contributed by atoms with van der Waals surface area (Å²) < 4.78 is 1.80. The first-order valence-corrected chi connectivity index (χ1v) is 7.81. The molecular formula is C18H20N4O2. The first-order chi connectivity index (χ1) is 11.4. The number of carbonyl (C=O) groups is 1. The fourth-order valence-corrected chi connectivity index (χ4v) is 3.10. The molecule has 2 heterocycles. The Bertz CT molecular complexity index is 984. The molecule has 6 nitrogen and oxygen atoms in total. The second-order valence-corrected chi connectivity index (χ2v) is 6.00. The van der Waals surface area contributed by atoms with Crippen LogP contribution in [0.4, 0.5) is 0 Å². The Kier molecular flexibility index (Phi) is 3.97. The monoisotopic (exact) mass is 324 g/mol. The third-order valence-corrected chi connectivity index (χ3v) is 4.34. The number of H-pyrrole nitrogens is 1. The minimum absolute atomic E-state index is 0.207. The van der Waals surface area contributed by atoms with E-state index in [1.165, 1.54) is 0 Å². The molecule has 0 aliphatic carbocycles. The van der Waals surface area contributed by atoms with E-state index in [2.05, 4.69) is 15.4 Å². The number of rotatable bonds is 3. The zero-order valence-electron chi connectivity index (χ0n) is 14.2. The maximum absolute atomic E-state index is 12.5. The van der Waals surface area contributed by atoms with Crippen molar-refractivity contribution < 1.29 is 4.79 Å². The fraction of sp³-hybridized carbons (Fsp3) is 0.278. The van der Waals surface area contributed by atoms with Crippen LogP contribution in [0.5, 0.6) is 0 Å². The Hall–Kier alpha value is -2.89. The molecule has 1 atom stereocenters. The second-order valence-electron chi connectivity index (χ2n) is 6.00. The van der Waals surface area contributed by atoms with Crippen LogP contribution in [0.3, 0.4) is 0 Å². The molecule has 0 spiro atoms. The molecule has 0 radical (unpaired) electrons. The summed E-state index contributed by atoms with van der Waals surface area (Å²) in [5.41, 5.74) is 2.88. The summed E-state index contributed by atoms with van der Waals surface area (Å²) in [5, 5.41) is 8.63. The van der Waals surface area contributed by atoms with Gasteiger partial charge in [-0.25, -0.2) is 0 Å². The third kappa shape index (κ3) is 2.71. The smallest absolute Gasteiger partial charge is 0.268 e. The number of fused-ring (bicyclic) bond motifs is 1. The average Bonchev–Trinajstić information content (AvgIpc) is 2.79. The SMILES string of the molecule is Cc1nn(C)c(C)c1[C@@H](C)NC(=O)c1cc2ccccc2c(=O)[nH]1. The normalized spacial score (nSPS) is 12.3. The number of hydrogen-bond acceptors (Lipinski definition) is 3. The second kappa shape index (κ2) is 5.96. The van der Waals surface area contributed by atoms with Gasteiger partial charge in [-0.2, -0.15) is 5.10 Å². The molecule has 0 saturated heterocycles. The van der Waals surface area contributed by atoms with Crippen molar-refractivity contribution in [1.29, 1.82) is 0 Å². The number of aromatic nitrogens is 3. The number of pyridine rings is 1. The number of hydrogen-bond donors (Lipinski definition) is 2. The van der Waals surface area contributed by atoms with Crippen LogP contribution < -0.4 is 10.9 Å². The van der Waals surface area contributed by atoms with E-state index < -0.39 is 0 Å². The van der Waals surface area contributed by atoms with Gasteiger partial charge >= 0.3 is 0 Å². The van der Waals surface area contributed by atoms with Crippen molar-refractivity contribution in [3.8, 4) is 0 Å². The van der Waals surface area contributed by atoms with Gasteiger partial charge in [0.05, 0.1) is 11.7 Å². The Balaban J connectivity index is 1.91. The molecule has 6 heteroatoms. The summed E-state index contributed by atoms with van der Waals surface area (Å²) in [6, 6.07) is 8.69. The molecular weight excluding hydrogens is 304 g/mol. The molecule has 124 valence electrons. The number of nitrogens with one attached hydrogen (secondary N) is 2. The lowest BCUT2D eigenvalue weighted by molar-refractivity contribution is 0.0934. The number of carbonyl (C=O) groups excluding carboxylic acids is 1. The van der Waals surface area contributed by atoms with Gasteiger partial charge in [-0.1, -0.05) is 18.2 Å². The highest BCUT2D eigenvalue weighted by Gasteiger charge is 2.19. The van der Waals surface area contributed by atoms with Crippen molar-refractivity contribution in [3.63, 3.8) is 0 Å². The minimum Gasteiger partial charge on any atom is -0.344 e. The molecule has 0 unspecified atom stereocenters. The Labute approximate surface area is 139 Å². The van der Waals surface area contributed by atoms with Gasteiger partial charge < -0.3 is 10.3 Å². The van der Waals surface area contributed by atoms with E-state index in [1.807, 2.05) is 40.0 Å². The van der Waals surface area contributed by atoms with Crippen molar-refractivity contribution in [3.05, 3.63) is 63.3 Å². The lowest BCUT2D eigenvalue weighted by Crippen LogP contribution is -2.29. The first kappa shape index (κ1) is 16.0. The average molecular weight is 324 g/mol. The van der Waals surface area contributed by atoms with E-state index >= 15 is 0 Å². The molecule has 1 aromatic carbocycles. The lowest BCUT2D eigenvalue weighted by atomic mass is 10.1. The quantitative estimate of drug-likeness (QED) is 0.776. The zero-order valence-corrected chi connectivity index (χ0v) is 14.2. The van der Waals surface area contributed by atoms with E-state index in [-0.39, 0.29) is 23.2 Å². The molecule has 0 aliphatic heterocycles. The predicted molar refractivity (Wildman–Crippen MR) is 93.1 cm³/mol. The van der Waals surface area contributed by atoms with Crippen molar-refractivity contribution in [1.82, 2.24) is 20.1 Å². The molecule has 0 fully saturated rings. The zero-order chi connectivity index (χ0) is 17.4. The van der Waals surface area contributed by atoms with Gasteiger partial charge in [-0.3, -0.25) is 14.3 Å². The van der Waals surface area contributed by atoms with Crippen molar-refractivity contribution in [2.45, 2.75) is 26.8 Å². The number of amides is 1. The minimum atomic E-state index is -0.312. The molecule has 0 bridgehead atoms. The van der Waals surface area contributed by atoms with Crippen LogP contribution in [-0.4, -0.2) is 20.7 Å². The third-order valence-electron chi connectivity index (χ3n) is 4.34. The lowest BCUT2D eigenvalue weighted by Gasteiger charge is -2.15. The maximum Gasteiger partial charge on any atom is 0.268 e. The number of nitrogens with zero attached hydrogens (tertiary/aromatic N) is 2. The maximum atomic E-state index is 12.5. The van der Waals surface area contributed by atoms with Crippen molar-refractivity contribution >= 4 is 16.7 Å². The summed E-state index contributed by atoms with van der Waals surface area (Å²) in [6.45, 7) is 5.80. The van der Waals surface area contributed by atoms with E-state index in [9.17, 15) is 9.59 Å². The van der Waals surface area contributed by atoms with Crippen LogP contribution in [0.25, 0.3) is 10.8 Å². The predicted octanol–water partition coefficient (Wildman–Crippen LogP) is 2.37. The molecule has 0 aliphatic rings. The van der Waals surface area contributed by atoms with Crippen molar-refractivity contribution in [2.75, 3.05) is 0 Å². The number of aryl methyl sites for hydroxylation is 2. The molecule has 24 heavy (non-hydrogen) atoms. The van der Waals surface area contributed by atoms with Gasteiger partial charge in [-0.05, 0) is 38.3 Å². The highest BCUT2D eigenvalue weighted by atomic mass is 16.2. The summed E-state index contributed by atoms with van der Waals surface area (Å²) in [6.07, 6.45) is 0. The summed E-state index contributed by atoms with van der Waals surface area (Å²) in [4.78, 5) is 27.3. The van der Waals surface area contributed by atoms with Gasteiger partial charge in [0.2, 0.25) is 0 Å². The largest absolute Gasteiger partial charge is 0.344 e. The Morgan fingerprint density at radius 1 is 1.29 bits per heavy atom. The summed E-state index contributed by atoms with van der Waals surface area (Å²) >= 11 is 0. The molecule has 2 N–H and O–H groups in total. The van der Waals surface area contributed by atoms with Crippen LogP contribution in [0.1, 0.15) is 40.4 Å². The van der Waals surface area contributed by atoms with E-state index in [0.29, 0.717) is 5.39 Å². The van der Waals surface area contributed by atoms with Gasteiger partial charge in [0, 0.05) is 23.7 Å². The Morgan fingerprint density at radius 3 is 2.67 bits per heavy atom. The van der Waals surface area contributed by atoms with E-state index in [0.717, 1.165) is 22.3 Å². The van der Waals surface area contributed by atoms with Gasteiger partial charge in [0.25, 0.3) is 11.5 Å². The van der Waals surface area contributed by atoms with Crippen LogP contribution in [-0.2, 0) is 7.05 Å². The number of benzene rings is 1.